The van der Waals surface area contributed by atoms with E-state index in [1.165, 1.54) is 0 Å². The molecule has 0 aromatic rings. The summed E-state index contributed by atoms with van der Waals surface area (Å²) in [4.78, 5) is 23.6. The third-order valence-corrected chi connectivity index (χ3v) is 2.63. The maximum atomic E-state index is 11.8. The van der Waals surface area contributed by atoms with E-state index in [0.29, 0.717) is 26.0 Å². The Morgan fingerprint density at radius 1 is 1.31 bits per heavy atom. The van der Waals surface area contributed by atoms with E-state index in [1.807, 2.05) is 13.8 Å². The standard InChI is InChI=1S/C11H20N2O3/c1-8(2)13-10(15)11(4-5-11)9(14)12-6-7-16-3/h8H,4-7H2,1-3H3,(H,12,14)(H,13,15). The fourth-order valence-corrected chi connectivity index (χ4v) is 1.52. The maximum Gasteiger partial charge on any atom is 0.235 e. The minimum atomic E-state index is -0.808. The van der Waals surface area contributed by atoms with Crippen LogP contribution in [-0.2, 0) is 14.3 Å². The molecule has 16 heavy (non-hydrogen) atoms. The minimum Gasteiger partial charge on any atom is -0.383 e. The highest BCUT2D eigenvalue weighted by atomic mass is 16.5. The highest BCUT2D eigenvalue weighted by Gasteiger charge is 2.56. The van der Waals surface area contributed by atoms with Crippen molar-refractivity contribution in [3.63, 3.8) is 0 Å². The Morgan fingerprint density at radius 2 is 1.94 bits per heavy atom. The lowest BCUT2D eigenvalue weighted by molar-refractivity contribution is -0.137. The molecular weight excluding hydrogens is 208 g/mol. The largest absolute Gasteiger partial charge is 0.383 e. The van der Waals surface area contributed by atoms with Crippen molar-refractivity contribution >= 4 is 11.8 Å². The molecule has 0 spiro atoms. The van der Waals surface area contributed by atoms with E-state index < -0.39 is 5.41 Å². The van der Waals surface area contributed by atoms with Crippen LogP contribution in [0.3, 0.4) is 0 Å². The number of hydrogen-bond donors (Lipinski definition) is 2. The molecule has 0 radical (unpaired) electrons. The molecule has 1 fully saturated rings. The van der Waals surface area contributed by atoms with E-state index in [-0.39, 0.29) is 17.9 Å². The number of hydrogen-bond acceptors (Lipinski definition) is 3. The lowest BCUT2D eigenvalue weighted by Crippen LogP contribution is -2.45. The van der Waals surface area contributed by atoms with E-state index in [4.69, 9.17) is 4.74 Å². The number of rotatable bonds is 6. The maximum absolute atomic E-state index is 11.8. The first kappa shape index (κ1) is 13.0. The van der Waals surface area contributed by atoms with Gasteiger partial charge in [-0.3, -0.25) is 9.59 Å². The molecular formula is C11H20N2O3. The Morgan fingerprint density at radius 3 is 2.38 bits per heavy atom. The number of nitrogens with one attached hydrogen (secondary N) is 2. The molecule has 0 aromatic carbocycles. The summed E-state index contributed by atoms with van der Waals surface area (Å²) in [7, 11) is 1.57. The second kappa shape index (κ2) is 5.30. The highest BCUT2D eigenvalue weighted by Crippen LogP contribution is 2.46. The minimum absolute atomic E-state index is 0.0664. The monoisotopic (exact) mass is 228 g/mol. The molecule has 5 heteroatoms. The van der Waals surface area contributed by atoms with E-state index in [2.05, 4.69) is 10.6 Å². The fraction of sp³-hybridized carbons (Fsp3) is 0.818. The van der Waals surface area contributed by atoms with Gasteiger partial charge < -0.3 is 15.4 Å². The van der Waals surface area contributed by atoms with Crippen LogP contribution in [0.2, 0.25) is 0 Å². The highest BCUT2D eigenvalue weighted by molar-refractivity contribution is 6.07. The quantitative estimate of drug-likeness (QED) is 0.499. The van der Waals surface area contributed by atoms with Gasteiger partial charge in [0.25, 0.3) is 0 Å². The zero-order chi connectivity index (χ0) is 12.2. The lowest BCUT2D eigenvalue weighted by Gasteiger charge is -2.16. The van der Waals surface area contributed by atoms with Crippen molar-refractivity contribution in [1.29, 1.82) is 0 Å². The molecule has 1 saturated carbocycles. The first-order valence-electron chi connectivity index (χ1n) is 5.61. The summed E-state index contributed by atoms with van der Waals surface area (Å²) in [5.74, 6) is -0.333. The van der Waals surface area contributed by atoms with Gasteiger partial charge in [-0.1, -0.05) is 0 Å². The van der Waals surface area contributed by atoms with Gasteiger partial charge >= 0.3 is 0 Å². The Balaban J connectivity index is 2.44. The van der Waals surface area contributed by atoms with Crippen molar-refractivity contribution < 1.29 is 14.3 Å². The number of methoxy groups -OCH3 is 1. The van der Waals surface area contributed by atoms with Gasteiger partial charge in [0.2, 0.25) is 11.8 Å². The summed E-state index contributed by atoms with van der Waals surface area (Å²) in [6.45, 7) is 4.69. The number of amides is 2. The van der Waals surface area contributed by atoms with Crippen molar-refractivity contribution in [3.05, 3.63) is 0 Å². The van der Waals surface area contributed by atoms with Gasteiger partial charge in [-0.2, -0.15) is 0 Å². The van der Waals surface area contributed by atoms with Crippen LogP contribution in [0.4, 0.5) is 0 Å². The van der Waals surface area contributed by atoms with Gasteiger partial charge in [-0.05, 0) is 26.7 Å². The molecule has 2 N–H and O–H groups in total. The molecule has 0 bridgehead atoms. The molecule has 5 nitrogen and oxygen atoms in total. The first-order chi connectivity index (χ1) is 7.53. The number of carbonyl (C=O) groups excluding carboxylic acids is 2. The van der Waals surface area contributed by atoms with E-state index in [1.54, 1.807) is 7.11 Å². The molecule has 1 aliphatic rings. The average molecular weight is 228 g/mol. The third kappa shape index (κ3) is 2.95. The Kier molecular flexibility index (Phi) is 4.29. The molecule has 92 valence electrons. The second-order valence-electron chi connectivity index (χ2n) is 4.46. The van der Waals surface area contributed by atoms with E-state index >= 15 is 0 Å². The summed E-state index contributed by atoms with van der Waals surface area (Å²) in [6, 6.07) is 0.0664. The second-order valence-corrected chi connectivity index (χ2v) is 4.46. The van der Waals surface area contributed by atoms with Crippen LogP contribution in [0.15, 0.2) is 0 Å². The van der Waals surface area contributed by atoms with Crippen LogP contribution in [0.1, 0.15) is 26.7 Å². The van der Waals surface area contributed by atoms with E-state index in [0.717, 1.165) is 0 Å². The molecule has 0 atom stereocenters. The topological polar surface area (TPSA) is 67.4 Å². The van der Waals surface area contributed by atoms with Crippen molar-refractivity contribution in [3.8, 4) is 0 Å². The Labute approximate surface area is 95.9 Å². The van der Waals surface area contributed by atoms with Crippen LogP contribution in [-0.4, -0.2) is 38.1 Å². The van der Waals surface area contributed by atoms with Gasteiger partial charge in [0.05, 0.1) is 6.61 Å². The van der Waals surface area contributed by atoms with Gasteiger partial charge in [-0.25, -0.2) is 0 Å². The zero-order valence-electron chi connectivity index (χ0n) is 10.1. The third-order valence-electron chi connectivity index (χ3n) is 2.63. The summed E-state index contributed by atoms with van der Waals surface area (Å²) in [6.07, 6.45) is 1.29. The number of carbonyl (C=O) groups is 2. The SMILES string of the molecule is COCCNC(=O)C1(C(=O)NC(C)C)CC1. The summed E-state index contributed by atoms with van der Waals surface area (Å²) in [5.41, 5.74) is -0.808. The summed E-state index contributed by atoms with van der Waals surface area (Å²) in [5, 5.41) is 5.50. The van der Waals surface area contributed by atoms with Crippen molar-refractivity contribution in [2.24, 2.45) is 5.41 Å². The van der Waals surface area contributed by atoms with Crippen molar-refractivity contribution in [1.82, 2.24) is 10.6 Å². The summed E-state index contributed by atoms with van der Waals surface area (Å²) >= 11 is 0. The predicted octanol–water partition coefficient (Wildman–Crippen LogP) is 0.0538. The Bertz CT molecular complexity index is 272. The van der Waals surface area contributed by atoms with Gasteiger partial charge in [0.15, 0.2) is 0 Å². The van der Waals surface area contributed by atoms with Crippen LogP contribution in [0, 0.1) is 5.41 Å². The van der Waals surface area contributed by atoms with Crippen LogP contribution in [0.25, 0.3) is 0 Å². The van der Waals surface area contributed by atoms with Crippen LogP contribution in [0.5, 0.6) is 0 Å². The molecule has 1 aliphatic carbocycles. The molecule has 0 unspecified atom stereocenters. The zero-order valence-corrected chi connectivity index (χ0v) is 10.1. The fourth-order valence-electron chi connectivity index (χ4n) is 1.52. The molecule has 0 aromatic heterocycles. The molecule has 1 rings (SSSR count). The van der Waals surface area contributed by atoms with Gasteiger partial charge in [0.1, 0.15) is 5.41 Å². The van der Waals surface area contributed by atoms with Crippen LogP contribution < -0.4 is 10.6 Å². The smallest absolute Gasteiger partial charge is 0.235 e. The summed E-state index contributed by atoms with van der Waals surface area (Å²) < 4.78 is 4.84. The average Bonchev–Trinajstić information content (AvgIpc) is 2.97. The molecule has 2 amide bonds. The van der Waals surface area contributed by atoms with Crippen LogP contribution >= 0.6 is 0 Å². The van der Waals surface area contributed by atoms with Crippen molar-refractivity contribution in [2.75, 3.05) is 20.3 Å². The number of ether oxygens (including phenoxy) is 1. The predicted molar refractivity (Wildman–Crippen MR) is 59.8 cm³/mol. The molecule has 0 heterocycles. The van der Waals surface area contributed by atoms with E-state index in [9.17, 15) is 9.59 Å². The van der Waals surface area contributed by atoms with Gasteiger partial charge in [-0.15, -0.1) is 0 Å². The normalized spacial score (nSPS) is 17.0. The molecule has 0 saturated heterocycles. The molecule has 0 aliphatic heterocycles. The van der Waals surface area contributed by atoms with Gasteiger partial charge in [0, 0.05) is 19.7 Å². The Hall–Kier alpha value is -1.10. The lowest BCUT2D eigenvalue weighted by atomic mass is 10.0. The first-order valence-corrected chi connectivity index (χ1v) is 5.61. The van der Waals surface area contributed by atoms with Crippen molar-refractivity contribution in [2.45, 2.75) is 32.7 Å².